The van der Waals surface area contributed by atoms with Gasteiger partial charge in [0.1, 0.15) is 5.01 Å². The number of imide groups is 1. The number of nitrogens with zero attached hydrogens (tertiary/aromatic N) is 3. The van der Waals surface area contributed by atoms with Crippen molar-refractivity contribution in [2.24, 2.45) is 0 Å². The van der Waals surface area contributed by atoms with Crippen molar-refractivity contribution >= 4 is 34.2 Å². The highest BCUT2D eigenvalue weighted by Crippen LogP contribution is 2.31. The van der Waals surface area contributed by atoms with Crippen molar-refractivity contribution < 1.29 is 14.4 Å². The van der Waals surface area contributed by atoms with Gasteiger partial charge in [-0.05, 0) is 37.5 Å². The lowest BCUT2D eigenvalue weighted by molar-refractivity contribution is 0.0549. The van der Waals surface area contributed by atoms with Crippen molar-refractivity contribution in [2.45, 2.75) is 57.9 Å². The van der Waals surface area contributed by atoms with Gasteiger partial charge in [-0.25, -0.2) is 0 Å². The fourth-order valence-electron chi connectivity index (χ4n) is 3.86. The zero-order valence-corrected chi connectivity index (χ0v) is 16.6. The van der Waals surface area contributed by atoms with Gasteiger partial charge in [0.15, 0.2) is 0 Å². The number of aromatic nitrogens is 2. The lowest BCUT2D eigenvalue weighted by Gasteiger charge is -2.29. The molecule has 0 bridgehead atoms. The monoisotopic (exact) mass is 398 g/mol. The first-order chi connectivity index (χ1) is 13.6. The van der Waals surface area contributed by atoms with Gasteiger partial charge in [-0.2, -0.15) is 0 Å². The molecule has 1 N–H and O–H groups in total. The van der Waals surface area contributed by atoms with Crippen molar-refractivity contribution in [2.75, 3.05) is 5.32 Å². The van der Waals surface area contributed by atoms with E-state index in [0.717, 1.165) is 50.0 Å². The lowest BCUT2D eigenvalue weighted by Crippen LogP contribution is -2.40. The molecule has 1 saturated carbocycles. The Morgan fingerprint density at radius 3 is 2.64 bits per heavy atom. The van der Waals surface area contributed by atoms with Crippen LogP contribution in [0.2, 0.25) is 0 Å². The summed E-state index contributed by atoms with van der Waals surface area (Å²) in [5.41, 5.74) is 1.03. The van der Waals surface area contributed by atoms with Gasteiger partial charge in [-0.1, -0.05) is 37.5 Å². The van der Waals surface area contributed by atoms with Crippen LogP contribution in [-0.4, -0.2) is 38.9 Å². The summed E-state index contributed by atoms with van der Waals surface area (Å²) in [7, 11) is 0. The molecule has 1 fully saturated rings. The number of hydrogen-bond donors (Lipinski definition) is 1. The molecule has 2 aromatic rings. The van der Waals surface area contributed by atoms with Gasteiger partial charge in [0.25, 0.3) is 17.7 Å². The van der Waals surface area contributed by atoms with E-state index in [2.05, 4.69) is 22.4 Å². The molecule has 1 aromatic heterocycles. The number of aryl methyl sites for hydroxylation is 1. The van der Waals surface area contributed by atoms with Crippen molar-refractivity contribution in [1.82, 2.24) is 15.1 Å². The van der Waals surface area contributed by atoms with Gasteiger partial charge in [-0.15, -0.1) is 10.2 Å². The first-order valence-electron chi connectivity index (χ1n) is 9.74. The van der Waals surface area contributed by atoms with Crippen LogP contribution in [0.25, 0.3) is 0 Å². The topological polar surface area (TPSA) is 92.3 Å². The number of benzene rings is 1. The van der Waals surface area contributed by atoms with Crippen LogP contribution in [0.15, 0.2) is 18.2 Å². The number of fused-ring (bicyclic) bond motifs is 1. The average molecular weight is 398 g/mol. The Kier molecular flexibility index (Phi) is 5.21. The largest absolute Gasteiger partial charge is 0.296 e. The third-order valence-electron chi connectivity index (χ3n) is 5.27. The number of rotatable bonds is 5. The molecule has 0 saturated heterocycles. The van der Waals surface area contributed by atoms with Gasteiger partial charge < -0.3 is 0 Å². The van der Waals surface area contributed by atoms with E-state index in [-0.39, 0.29) is 23.8 Å². The molecule has 2 heterocycles. The van der Waals surface area contributed by atoms with E-state index in [1.807, 2.05) is 0 Å². The van der Waals surface area contributed by atoms with E-state index < -0.39 is 0 Å². The Morgan fingerprint density at radius 1 is 1.14 bits per heavy atom. The van der Waals surface area contributed by atoms with Crippen LogP contribution < -0.4 is 5.32 Å². The van der Waals surface area contributed by atoms with Crippen LogP contribution >= 0.6 is 11.3 Å². The summed E-state index contributed by atoms with van der Waals surface area (Å²) in [5, 5.41) is 12.0. The van der Waals surface area contributed by atoms with Crippen LogP contribution in [-0.2, 0) is 6.42 Å². The third-order valence-corrected chi connectivity index (χ3v) is 6.17. The number of hydrogen-bond acceptors (Lipinski definition) is 6. The fourth-order valence-corrected chi connectivity index (χ4v) is 4.70. The minimum absolute atomic E-state index is 0.0307. The summed E-state index contributed by atoms with van der Waals surface area (Å²) in [6, 6.07) is 4.65. The molecule has 28 heavy (non-hydrogen) atoms. The molecule has 0 atom stereocenters. The second-order valence-corrected chi connectivity index (χ2v) is 8.30. The molecule has 7 nitrogen and oxygen atoms in total. The number of carbonyl (C=O) groups excluding carboxylic acids is 3. The first kappa shape index (κ1) is 18.7. The van der Waals surface area contributed by atoms with E-state index >= 15 is 0 Å². The molecular formula is C20H22N4O3S. The number of nitrogens with one attached hydrogen (secondary N) is 1. The molecule has 1 aliphatic heterocycles. The highest BCUT2D eigenvalue weighted by Gasteiger charge is 2.40. The standard InChI is InChI=1S/C20H22N4O3S/c1-2-6-16-22-23-20(28-16)21-17(25)12-9-10-14-15(11-12)19(27)24(18(14)26)13-7-4-3-5-8-13/h9-11,13H,2-8H2,1H3,(H,21,23,25). The molecule has 4 rings (SSSR count). The smallest absolute Gasteiger partial charge is 0.261 e. The summed E-state index contributed by atoms with van der Waals surface area (Å²) in [4.78, 5) is 39.6. The Hall–Kier alpha value is -2.61. The van der Waals surface area contributed by atoms with Crippen LogP contribution in [0, 0.1) is 0 Å². The lowest BCUT2D eigenvalue weighted by atomic mass is 9.94. The average Bonchev–Trinajstić information content (AvgIpc) is 3.25. The summed E-state index contributed by atoms with van der Waals surface area (Å²) < 4.78 is 0. The second-order valence-electron chi connectivity index (χ2n) is 7.24. The van der Waals surface area contributed by atoms with Crippen molar-refractivity contribution in [3.05, 3.63) is 39.9 Å². The van der Waals surface area contributed by atoms with Crippen LogP contribution in [0.4, 0.5) is 5.13 Å². The molecule has 2 aliphatic rings. The van der Waals surface area contributed by atoms with Gasteiger partial charge in [0.2, 0.25) is 5.13 Å². The molecular weight excluding hydrogens is 376 g/mol. The minimum Gasteiger partial charge on any atom is -0.296 e. The Morgan fingerprint density at radius 2 is 1.89 bits per heavy atom. The highest BCUT2D eigenvalue weighted by atomic mass is 32.1. The summed E-state index contributed by atoms with van der Waals surface area (Å²) in [6.45, 7) is 2.05. The summed E-state index contributed by atoms with van der Waals surface area (Å²) in [6.07, 6.45) is 6.71. The molecule has 146 valence electrons. The molecule has 8 heteroatoms. The van der Waals surface area contributed by atoms with Crippen LogP contribution in [0.1, 0.15) is 81.5 Å². The van der Waals surface area contributed by atoms with E-state index in [9.17, 15) is 14.4 Å². The SMILES string of the molecule is CCCc1nnc(NC(=O)c2ccc3c(c2)C(=O)N(C2CCCCC2)C3=O)s1. The van der Waals surface area contributed by atoms with Crippen LogP contribution in [0.5, 0.6) is 0 Å². The molecule has 3 amide bonds. The van der Waals surface area contributed by atoms with Crippen molar-refractivity contribution in [3.8, 4) is 0 Å². The Balaban J connectivity index is 1.53. The zero-order chi connectivity index (χ0) is 19.7. The zero-order valence-electron chi connectivity index (χ0n) is 15.7. The third kappa shape index (κ3) is 3.44. The molecule has 1 aliphatic carbocycles. The molecule has 1 aromatic carbocycles. The highest BCUT2D eigenvalue weighted by molar-refractivity contribution is 7.15. The van der Waals surface area contributed by atoms with E-state index in [4.69, 9.17) is 0 Å². The maximum absolute atomic E-state index is 12.9. The van der Waals surface area contributed by atoms with E-state index in [1.54, 1.807) is 12.1 Å². The van der Waals surface area contributed by atoms with E-state index in [1.165, 1.54) is 22.3 Å². The molecule has 0 spiro atoms. The summed E-state index contributed by atoms with van der Waals surface area (Å²) in [5.74, 6) is -0.895. The van der Waals surface area contributed by atoms with Gasteiger partial charge in [-0.3, -0.25) is 24.6 Å². The van der Waals surface area contributed by atoms with Gasteiger partial charge >= 0.3 is 0 Å². The quantitative estimate of drug-likeness (QED) is 0.776. The summed E-state index contributed by atoms with van der Waals surface area (Å²) >= 11 is 1.34. The Labute approximate surface area is 167 Å². The Bertz CT molecular complexity index is 933. The van der Waals surface area contributed by atoms with E-state index in [0.29, 0.717) is 21.8 Å². The number of amides is 3. The van der Waals surface area contributed by atoms with Crippen molar-refractivity contribution in [3.63, 3.8) is 0 Å². The fraction of sp³-hybridized carbons (Fsp3) is 0.450. The van der Waals surface area contributed by atoms with Gasteiger partial charge in [0, 0.05) is 18.0 Å². The maximum atomic E-state index is 12.9. The minimum atomic E-state index is -0.363. The van der Waals surface area contributed by atoms with Gasteiger partial charge in [0.05, 0.1) is 11.1 Å². The second kappa shape index (κ2) is 7.79. The number of carbonyl (C=O) groups is 3. The van der Waals surface area contributed by atoms with Crippen LogP contribution in [0.3, 0.4) is 0 Å². The van der Waals surface area contributed by atoms with Crippen molar-refractivity contribution in [1.29, 1.82) is 0 Å². The number of anilines is 1. The molecule has 0 radical (unpaired) electrons. The predicted octanol–water partition coefficient (Wildman–Crippen LogP) is 3.67. The maximum Gasteiger partial charge on any atom is 0.261 e. The first-order valence-corrected chi connectivity index (χ1v) is 10.6. The predicted molar refractivity (Wildman–Crippen MR) is 106 cm³/mol. The normalized spacial score (nSPS) is 17.1. The molecule has 0 unspecified atom stereocenters.